The maximum atomic E-state index is 11.6. The van der Waals surface area contributed by atoms with Gasteiger partial charge in [0.2, 0.25) is 10.0 Å². The molecule has 0 radical (unpaired) electrons. The molecule has 1 rings (SSSR count). The normalized spacial score (nSPS) is 11.6. The number of hydrogen-bond acceptors (Lipinski definition) is 4. The van der Waals surface area contributed by atoms with Gasteiger partial charge in [-0.2, -0.15) is 0 Å². The van der Waals surface area contributed by atoms with E-state index in [4.69, 9.17) is 9.47 Å². The molecule has 0 saturated carbocycles. The highest BCUT2D eigenvalue weighted by atomic mass is 32.2. The minimum atomic E-state index is -3.25. The number of sulfonamides is 1. The predicted molar refractivity (Wildman–Crippen MR) is 70.4 cm³/mol. The van der Waals surface area contributed by atoms with Crippen molar-refractivity contribution in [2.24, 2.45) is 0 Å². The molecular formula is C12H19NO4S. The van der Waals surface area contributed by atoms with Crippen LogP contribution in [-0.2, 0) is 16.6 Å². The van der Waals surface area contributed by atoms with Crippen LogP contribution < -0.4 is 14.2 Å². The standard InChI is InChI=1S/C12H19NO4S/c1-9(2)18(14,15)13-8-10-5-6-11(16-3)12(7-10)17-4/h5-7,9,13H,8H2,1-4H3. The fraction of sp³-hybridized carbons (Fsp3) is 0.500. The summed E-state index contributed by atoms with van der Waals surface area (Å²) in [6, 6.07) is 5.30. The van der Waals surface area contributed by atoms with Crippen LogP contribution in [0.15, 0.2) is 18.2 Å². The van der Waals surface area contributed by atoms with Gasteiger partial charge in [-0.3, -0.25) is 0 Å². The van der Waals surface area contributed by atoms with Crippen LogP contribution in [0.1, 0.15) is 19.4 Å². The van der Waals surface area contributed by atoms with Gasteiger partial charge in [0.1, 0.15) is 0 Å². The molecule has 0 heterocycles. The highest BCUT2D eigenvalue weighted by molar-refractivity contribution is 7.90. The first-order chi connectivity index (χ1) is 8.40. The van der Waals surface area contributed by atoms with E-state index in [-0.39, 0.29) is 6.54 Å². The fourth-order valence-electron chi connectivity index (χ4n) is 1.34. The molecule has 0 aliphatic rings. The Morgan fingerprint density at radius 1 is 1.17 bits per heavy atom. The Morgan fingerprint density at radius 2 is 1.78 bits per heavy atom. The van der Waals surface area contributed by atoms with Crippen molar-refractivity contribution in [1.29, 1.82) is 0 Å². The molecule has 6 heteroatoms. The Kier molecular flexibility index (Phi) is 4.98. The van der Waals surface area contributed by atoms with Gasteiger partial charge in [-0.25, -0.2) is 13.1 Å². The van der Waals surface area contributed by atoms with Crippen LogP contribution in [-0.4, -0.2) is 27.9 Å². The molecule has 0 bridgehead atoms. The third-order valence-electron chi connectivity index (χ3n) is 2.55. The maximum absolute atomic E-state index is 11.6. The Bertz CT molecular complexity index is 497. The van der Waals surface area contributed by atoms with Crippen molar-refractivity contribution in [3.05, 3.63) is 23.8 Å². The van der Waals surface area contributed by atoms with E-state index >= 15 is 0 Å². The van der Waals surface area contributed by atoms with Crippen molar-refractivity contribution in [3.63, 3.8) is 0 Å². The summed E-state index contributed by atoms with van der Waals surface area (Å²) in [5.74, 6) is 1.20. The van der Waals surface area contributed by atoms with Gasteiger partial charge in [0.25, 0.3) is 0 Å². The molecule has 1 aromatic rings. The number of ether oxygens (including phenoxy) is 2. The van der Waals surface area contributed by atoms with Gasteiger partial charge in [0.05, 0.1) is 19.5 Å². The van der Waals surface area contributed by atoms with E-state index in [1.165, 1.54) is 0 Å². The third-order valence-corrected chi connectivity index (χ3v) is 4.33. The number of hydrogen-bond donors (Lipinski definition) is 1. The summed E-state index contributed by atoms with van der Waals surface area (Å²) in [6.45, 7) is 3.51. The van der Waals surface area contributed by atoms with Crippen LogP contribution in [0.3, 0.4) is 0 Å². The monoisotopic (exact) mass is 273 g/mol. The van der Waals surface area contributed by atoms with E-state index in [1.54, 1.807) is 46.3 Å². The highest BCUT2D eigenvalue weighted by Crippen LogP contribution is 2.27. The molecule has 0 saturated heterocycles. The first-order valence-corrected chi connectivity index (χ1v) is 7.14. The van der Waals surface area contributed by atoms with Crippen molar-refractivity contribution in [3.8, 4) is 11.5 Å². The zero-order valence-corrected chi connectivity index (χ0v) is 11.9. The Hall–Kier alpha value is -1.27. The lowest BCUT2D eigenvalue weighted by atomic mass is 10.2. The molecule has 18 heavy (non-hydrogen) atoms. The van der Waals surface area contributed by atoms with Crippen molar-refractivity contribution >= 4 is 10.0 Å². The molecular weight excluding hydrogens is 254 g/mol. The van der Waals surface area contributed by atoms with Crippen molar-refractivity contribution in [2.75, 3.05) is 14.2 Å². The van der Waals surface area contributed by atoms with E-state index in [1.807, 2.05) is 0 Å². The Labute approximate surface area is 108 Å². The lowest BCUT2D eigenvalue weighted by molar-refractivity contribution is 0.354. The molecule has 1 aromatic carbocycles. The van der Waals surface area contributed by atoms with Gasteiger partial charge < -0.3 is 9.47 Å². The number of methoxy groups -OCH3 is 2. The van der Waals surface area contributed by atoms with E-state index < -0.39 is 15.3 Å². The topological polar surface area (TPSA) is 64.6 Å². The van der Waals surface area contributed by atoms with Crippen LogP contribution in [0.25, 0.3) is 0 Å². The summed E-state index contributed by atoms with van der Waals surface area (Å²) in [4.78, 5) is 0. The number of nitrogens with one attached hydrogen (secondary N) is 1. The Balaban J connectivity index is 2.81. The minimum Gasteiger partial charge on any atom is -0.493 e. The summed E-state index contributed by atoms with van der Waals surface area (Å²) < 4.78 is 36.0. The molecule has 0 aliphatic heterocycles. The van der Waals surface area contributed by atoms with Gasteiger partial charge in [0, 0.05) is 6.54 Å². The SMILES string of the molecule is COc1ccc(CNS(=O)(=O)C(C)C)cc1OC. The van der Waals surface area contributed by atoms with E-state index in [0.717, 1.165) is 5.56 Å². The molecule has 0 spiro atoms. The zero-order chi connectivity index (χ0) is 13.8. The van der Waals surface area contributed by atoms with Crippen molar-refractivity contribution < 1.29 is 17.9 Å². The molecule has 5 nitrogen and oxygen atoms in total. The van der Waals surface area contributed by atoms with Crippen LogP contribution in [0.5, 0.6) is 11.5 Å². The van der Waals surface area contributed by atoms with Crippen LogP contribution in [0.4, 0.5) is 0 Å². The highest BCUT2D eigenvalue weighted by Gasteiger charge is 2.15. The van der Waals surface area contributed by atoms with Crippen molar-refractivity contribution in [2.45, 2.75) is 25.6 Å². The lowest BCUT2D eigenvalue weighted by Crippen LogP contribution is -2.30. The molecule has 102 valence electrons. The zero-order valence-electron chi connectivity index (χ0n) is 11.1. The third kappa shape index (κ3) is 3.61. The molecule has 0 aromatic heterocycles. The molecule has 1 N–H and O–H groups in total. The van der Waals surface area contributed by atoms with Crippen LogP contribution >= 0.6 is 0 Å². The number of benzene rings is 1. The van der Waals surface area contributed by atoms with Crippen molar-refractivity contribution in [1.82, 2.24) is 4.72 Å². The second kappa shape index (κ2) is 6.06. The number of rotatable bonds is 6. The molecule has 0 amide bonds. The largest absolute Gasteiger partial charge is 0.493 e. The van der Waals surface area contributed by atoms with Crippen LogP contribution in [0, 0.1) is 0 Å². The second-order valence-corrected chi connectivity index (χ2v) is 6.43. The van der Waals surface area contributed by atoms with Crippen LogP contribution in [0.2, 0.25) is 0 Å². The summed E-state index contributed by atoms with van der Waals surface area (Å²) in [7, 11) is -0.158. The smallest absolute Gasteiger partial charge is 0.214 e. The van der Waals surface area contributed by atoms with Gasteiger partial charge in [0.15, 0.2) is 11.5 Å². The lowest BCUT2D eigenvalue weighted by Gasteiger charge is -2.12. The van der Waals surface area contributed by atoms with E-state index in [0.29, 0.717) is 11.5 Å². The molecule has 0 aliphatic carbocycles. The molecule has 0 unspecified atom stereocenters. The summed E-state index contributed by atoms with van der Waals surface area (Å²) in [5.41, 5.74) is 0.817. The maximum Gasteiger partial charge on any atom is 0.214 e. The minimum absolute atomic E-state index is 0.237. The molecule has 0 atom stereocenters. The quantitative estimate of drug-likeness (QED) is 0.853. The summed E-state index contributed by atoms with van der Waals surface area (Å²) >= 11 is 0. The van der Waals surface area contributed by atoms with E-state index in [9.17, 15) is 8.42 Å². The molecule has 0 fully saturated rings. The average Bonchev–Trinajstić information content (AvgIpc) is 2.35. The second-order valence-electron chi connectivity index (χ2n) is 4.10. The predicted octanol–water partition coefficient (Wildman–Crippen LogP) is 1.53. The average molecular weight is 273 g/mol. The van der Waals surface area contributed by atoms with Gasteiger partial charge in [-0.1, -0.05) is 6.07 Å². The van der Waals surface area contributed by atoms with Gasteiger partial charge in [-0.05, 0) is 31.5 Å². The van der Waals surface area contributed by atoms with Gasteiger partial charge >= 0.3 is 0 Å². The fourth-order valence-corrected chi connectivity index (χ4v) is 2.04. The first kappa shape index (κ1) is 14.8. The van der Waals surface area contributed by atoms with Gasteiger partial charge in [-0.15, -0.1) is 0 Å². The summed E-state index contributed by atoms with van der Waals surface area (Å²) in [5, 5.41) is -0.447. The summed E-state index contributed by atoms with van der Waals surface area (Å²) in [6.07, 6.45) is 0. The van der Waals surface area contributed by atoms with E-state index in [2.05, 4.69) is 4.72 Å². The Morgan fingerprint density at radius 3 is 2.28 bits per heavy atom. The first-order valence-electron chi connectivity index (χ1n) is 5.60.